The van der Waals surface area contributed by atoms with Gasteiger partial charge in [-0.3, -0.25) is 4.79 Å². The molecule has 0 aliphatic carbocycles. The van der Waals surface area contributed by atoms with Crippen LogP contribution in [-0.2, 0) is 4.79 Å². The second-order valence-corrected chi connectivity index (χ2v) is 4.36. The van der Waals surface area contributed by atoms with Gasteiger partial charge >= 0.3 is 0 Å². The molecule has 1 saturated heterocycles. The Kier molecular flexibility index (Phi) is 4.77. The molecule has 3 heteroatoms. The van der Waals surface area contributed by atoms with E-state index in [9.17, 15) is 4.79 Å². The summed E-state index contributed by atoms with van der Waals surface area (Å²) in [5.74, 6) is 5.17. The number of hydrogen-bond donors (Lipinski definition) is 1. The van der Waals surface area contributed by atoms with Crippen LogP contribution in [0.4, 0.5) is 0 Å². The van der Waals surface area contributed by atoms with E-state index in [2.05, 4.69) is 11.2 Å². The van der Waals surface area contributed by atoms with Crippen molar-refractivity contribution in [3.05, 3.63) is 0 Å². The topological polar surface area (TPSA) is 29.1 Å². The molecule has 2 nitrogen and oxygen atoms in total. The molecule has 1 rings (SSSR count). The smallest absolute Gasteiger partial charge is 0.223 e. The van der Waals surface area contributed by atoms with Crippen LogP contribution in [0.1, 0.15) is 19.3 Å². The zero-order chi connectivity index (χ0) is 9.52. The van der Waals surface area contributed by atoms with Gasteiger partial charge in [-0.1, -0.05) is 0 Å². The Balaban J connectivity index is 2.18. The molecule has 0 aromatic heterocycles. The van der Waals surface area contributed by atoms with E-state index in [4.69, 9.17) is 6.42 Å². The van der Waals surface area contributed by atoms with Crippen LogP contribution in [0.5, 0.6) is 0 Å². The number of terminal acetylenes is 1. The minimum absolute atomic E-state index is 0.190. The molecule has 0 radical (unpaired) electrons. The summed E-state index contributed by atoms with van der Waals surface area (Å²) in [7, 11) is 0. The first-order chi connectivity index (χ1) is 6.34. The second-order valence-electron chi connectivity index (χ2n) is 3.13. The molecule has 0 unspecified atom stereocenters. The minimum Gasteiger partial charge on any atom is -0.355 e. The Hall–Kier alpha value is -0.620. The Morgan fingerprint density at radius 3 is 2.85 bits per heavy atom. The molecule has 1 fully saturated rings. The van der Waals surface area contributed by atoms with Crippen molar-refractivity contribution in [2.24, 2.45) is 5.92 Å². The van der Waals surface area contributed by atoms with Crippen molar-refractivity contribution < 1.29 is 4.79 Å². The Bertz CT molecular complexity index is 203. The highest BCUT2D eigenvalue weighted by atomic mass is 32.2. The van der Waals surface area contributed by atoms with Gasteiger partial charge in [0, 0.05) is 18.9 Å². The van der Waals surface area contributed by atoms with E-state index in [0.29, 0.717) is 13.0 Å². The molecule has 1 heterocycles. The van der Waals surface area contributed by atoms with Gasteiger partial charge in [0.05, 0.1) is 0 Å². The summed E-state index contributed by atoms with van der Waals surface area (Å²) < 4.78 is 0. The summed E-state index contributed by atoms with van der Waals surface area (Å²) in [6.07, 6.45) is 7.76. The Morgan fingerprint density at radius 1 is 1.54 bits per heavy atom. The van der Waals surface area contributed by atoms with Gasteiger partial charge in [0.15, 0.2) is 0 Å². The quantitative estimate of drug-likeness (QED) is 0.545. The zero-order valence-corrected chi connectivity index (χ0v) is 8.53. The standard InChI is InChI=1S/C10H15NOS/c1-2-3-6-11-10(12)9-4-7-13-8-5-9/h1,9H,3-8H2,(H,11,12). The lowest BCUT2D eigenvalue weighted by atomic mass is 10.0. The number of hydrogen-bond acceptors (Lipinski definition) is 2. The van der Waals surface area contributed by atoms with Crippen LogP contribution in [0.2, 0.25) is 0 Å². The summed E-state index contributed by atoms with van der Waals surface area (Å²) in [4.78, 5) is 11.5. The van der Waals surface area contributed by atoms with Crippen LogP contribution < -0.4 is 5.32 Å². The van der Waals surface area contributed by atoms with Crippen molar-refractivity contribution in [2.75, 3.05) is 18.1 Å². The average Bonchev–Trinajstić information content (AvgIpc) is 2.19. The van der Waals surface area contributed by atoms with Gasteiger partial charge in [0.1, 0.15) is 0 Å². The molecule has 13 heavy (non-hydrogen) atoms. The van der Waals surface area contributed by atoms with Crippen molar-refractivity contribution in [3.63, 3.8) is 0 Å². The van der Waals surface area contributed by atoms with Crippen LogP contribution in [0.3, 0.4) is 0 Å². The molecule has 0 aromatic carbocycles. The molecular weight excluding hydrogens is 182 g/mol. The maximum atomic E-state index is 11.5. The van der Waals surface area contributed by atoms with E-state index in [1.54, 1.807) is 0 Å². The summed E-state index contributed by atoms with van der Waals surface area (Å²) in [5, 5.41) is 2.86. The third-order valence-corrected chi connectivity index (χ3v) is 3.21. The number of thioether (sulfide) groups is 1. The fourth-order valence-electron chi connectivity index (χ4n) is 1.36. The number of rotatable bonds is 3. The highest BCUT2D eigenvalue weighted by Crippen LogP contribution is 2.22. The largest absolute Gasteiger partial charge is 0.355 e. The Morgan fingerprint density at radius 2 is 2.23 bits per heavy atom. The number of nitrogens with one attached hydrogen (secondary N) is 1. The molecule has 0 atom stereocenters. The van der Waals surface area contributed by atoms with E-state index in [-0.39, 0.29) is 11.8 Å². The molecule has 1 N–H and O–H groups in total. The van der Waals surface area contributed by atoms with Crippen LogP contribution in [-0.4, -0.2) is 24.0 Å². The molecule has 0 saturated carbocycles. The van der Waals surface area contributed by atoms with Crippen molar-refractivity contribution in [1.29, 1.82) is 0 Å². The van der Waals surface area contributed by atoms with Gasteiger partial charge in [-0.05, 0) is 24.3 Å². The molecule has 0 bridgehead atoms. The van der Waals surface area contributed by atoms with Gasteiger partial charge in [-0.2, -0.15) is 11.8 Å². The first-order valence-electron chi connectivity index (χ1n) is 4.63. The average molecular weight is 197 g/mol. The lowest BCUT2D eigenvalue weighted by molar-refractivity contribution is -0.125. The molecule has 0 spiro atoms. The maximum Gasteiger partial charge on any atom is 0.223 e. The third-order valence-electron chi connectivity index (χ3n) is 2.16. The normalized spacial score (nSPS) is 17.8. The number of carbonyl (C=O) groups is 1. The summed E-state index contributed by atoms with van der Waals surface area (Å²) >= 11 is 1.93. The molecule has 0 aromatic rings. The monoisotopic (exact) mass is 197 g/mol. The highest BCUT2D eigenvalue weighted by molar-refractivity contribution is 7.99. The molecule has 1 aliphatic rings. The molecule has 1 aliphatic heterocycles. The lowest BCUT2D eigenvalue weighted by Crippen LogP contribution is -2.33. The molecule has 72 valence electrons. The van der Waals surface area contributed by atoms with E-state index in [1.807, 2.05) is 11.8 Å². The minimum atomic E-state index is 0.190. The van der Waals surface area contributed by atoms with Crippen molar-refractivity contribution in [3.8, 4) is 12.3 Å². The van der Waals surface area contributed by atoms with E-state index in [1.165, 1.54) is 0 Å². The van der Waals surface area contributed by atoms with Crippen molar-refractivity contribution in [1.82, 2.24) is 5.32 Å². The predicted molar refractivity (Wildman–Crippen MR) is 56.5 cm³/mol. The fraction of sp³-hybridized carbons (Fsp3) is 0.700. The maximum absolute atomic E-state index is 11.5. The summed E-state index contributed by atoms with van der Waals surface area (Å²) in [6.45, 7) is 0.624. The highest BCUT2D eigenvalue weighted by Gasteiger charge is 2.20. The SMILES string of the molecule is C#CCCNC(=O)C1CCSCC1. The van der Waals surface area contributed by atoms with Crippen LogP contribution >= 0.6 is 11.8 Å². The van der Waals surface area contributed by atoms with Crippen molar-refractivity contribution >= 4 is 17.7 Å². The third kappa shape index (κ3) is 3.73. The fourth-order valence-corrected chi connectivity index (χ4v) is 2.47. The first kappa shape index (κ1) is 10.5. The summed E-state index contributed by atoms with van der Waals surface area (Å²) in [6, 6.07) is 0. The van der Waals surface area contributed by atoms with E-state index < -0.39 is 0 Å². The molecular formula is C10H15NOS. The number of amides is 1. The Labute approximate surface area is 83.9 Å². The van der Waals surface area contributed by atoms with E-state index in [0.717, 1.165) is 24.3 Å². The van der Waals surface area contributed by atoms with Crippen LogP contribution in [0, 0.1) is 18.3 Å². The lowest BCUT2D eigenvalue weighted by Gasteiger charge is -2.20. The first-order valence-corrected chi connectivity index (χ1v) is 5.79. The van der Waals surface area contributed by atoms with Gasteiger partial charge in [-0.15, -0.1) is 12.3 Å². The van der Waals surface area contributed by atoms with Gasteiger partial charge < -0.3 is 5.32 Å². The van der Waals surface area contributed by atoms with Crippen molar-refractivity contribution in [2.45, 2.75) is 19.3 Å². The van der Waals surface area contributed by atoms with Crippen LogP contribution in [0.25, 0.3) is 0 Å². The van der Waals surface area contributed by atoms with Crippen LogP contribution in [0.15, 0.2) is 0 Å². The van der Waals surface area contributed by atoms with Gasteiger partial charge in [0.25, 0.3) is 0 Å². The number of carbonyl (C=O) groups excluding carboxylic acids is 1. The van der Waals surface area contributed by atoms with Gasteiger partial charge in [-0.25, -0.2) is 0 Å². The predicted octanol–water partition coefficient (Wildman–Crippen LogP) is 1.27. The summed E-state index contributed by atoms with van der Waals surface area (Å²) in [5.41, 5.74) is 0. The van der Waals surface area contributed by atoms with Gasteiger partial charge in [0.2, 0.25) is 5.91 Å². The second kappa shape index (κ2) is 5.93. The molecule has 1 amide bonds. The van der Waals surface area contributed by atoms with E-state index >= 15 is 0 Å². The zero-order valence-electron chi connectivity index (χ0n) is 7.71.